The van der Waals surface area contributed by atoms with Crippen LogP contribution in [0.15, 0.2) is 47.6 Å². The molecule has 63 heavy (non-hydrogen) atoms. The molecule has 1 aliphatic carbocycles. The van der Waals surface area contributed by atoms with Crippen molar-refractivity contribution in [2.45, 2.75) is 186 Å². The number of carbonyl (C=O) groups excluding carboxylic acids is 4. The van der Waals surface area contributed by atoms with Crippen molar-refractivity contribution >= 4 is 23.4 Å². The van der Waals surface area contributed by atoms with Gasteiger partial charge in [-0.3, -0.25) is 14.4 Å². The highest BCUT2D eigenvalue weighted by molar-refractivity contribution is 6.39. The zero-order valence-electron chi connectivity index (χ0n) is 39.0. The summed E-state index contributed by atoms with van der Waals surface area (Å²) in [6.45, 7) is 11.0. The number of fused-ring (bicyclic) bond motifs is 3. The first kappa shape index (κ1) is 52.5. The molecule has 0 aromatic heterocycles. The molecule has 0 radical (unpaired) electrons. The van der Waals surface area contributed by atoms with E-state index in [4.69, 9.17) is 24.7 Å². The highest BCUT2D eigenvalue weighted by atomic mass is 16.6. The fraction of sp³-hybridized carbons (Fsp3) is 0.755. The number of nitrogens with two attached hydrogens (primary N) is 1. The lowest BCUT2D eigenvalue weighted by atomic mass is 9.80. The third-order valence-corrected chi connectivity index (χ3v) is 14.0. The molecule has 3 heterocycles. The standard InChI is InChI=1S/C49H78N2O12/c1-29-14-10-9-11-15-31(3)41(60-7)28-36-20-18-34(6)49(59,63-36)46(56)47(57)51-23-13-12-16-38(51)48(58)62-40(37(50)26-35-19-21-39(52)42(27-35)61-8)22-17-30(2)25-33(5)44(54)45(55)43(53)32(4)24-29/h9-11,14-15,25,29-30,32,34-42,44-45,52,54-55,59H,12-13,16-24,26-28,50H2,1-8H3/b11-9?,14-10+,31-15?,33-25+/t29-,30+,32-,34-,35+,36+,37-,38+,39-,40+,41+,42-,44-,45+,49-/m1/s1. The van der Waals surface area contributed by atoms with Crippen molar-refractivity contribution in [3.05, 3.63) is 47.6 Å². The van der Waals surface area contributed by atoms with E-state index in [1.165, 1.54) is 4.90 Å². The number of hydrogen-bond acceptors (Lipinski definition) is 13. The molecule has 1 saturated carbocycles. The van der Waals surface area contributed by atoms with E-state index in [0.29, 0.717) is 76.2 Å². The highest BCUT2D eigenvalue weighted by Gasteiger charge is 2.53. The number of ketones is 2. The Balaban J connectivity index is 1.66. The van der Waals surface area contributed by atoms with Gasteiger partial charge in [0.15, 0.2) is 5.78 Å². The zero-order valence-corrected chi connectivity index (χ0v) is 39.0. The first-order valence-corrected chi connectivity index (χ1v) is 23.4. The van der Waals surface area contributed by atoms with E-state index < -0.39 is 89.8 Å². The van der Waals surface area contributed by atoms with E-state index in [1.54, 1.807) is 41.1 Å². The van der Waals surface area contributed by atoms with Gasteiger partial charge in [0.2, 0.25) is 5.79 Å². The Morgan fingerprint density at radius 2 is 1.56 bits per heavy atom. The monoisotopic (exact) mass is 887 g/mol. The number of cyclic esters (lactones) is 1. The van der Waals surface area contributed by atoms with Crippen molar-refractivity contribution in [3.63, 3.8) is 0 Å². The Bertz CT molecular complexity index is 1660. The number of methoxy groups -OCH3 is 2. The van der Waals surface area contributed by atoms with Crippen LogP contribution in [0.5, 0.6) is 0 Å². The van der Waals surface area contributed by atoms with Crippen molar-refractivity contribution in [1.82, 2.24) is 4.90 Å². The molecule has 2 saturated heterocycles. The number of allylic oxidation sites excluding steroid dienone is 6. The van der Waals surface area contributed by atoms with Crippen LogP contribution < -0.4 is 5.73 Å². The van der Waals surface area contributed by atoms with Gasteiger partial charge in [-0.1, -0.05) is 64.2 Å². The van der Waals surface area contributed by atoms with Gasteiger partial charge in [-0.2, -0.15) is 0 Å². The molecule has 14 heteroatoms. The lowest BCUT2D eigenvalue weighted by molar-refractivity contribution is -0.265. The fourth-order valence-electron chi connectivity index (χ4n) is 9.84. The summed E-state index contributed by atoms with van der Waals surface area (Å²) in [5, 5.41) is 44.4. The molecule has 4 aliphatic rings. The van der Waals surface area contributed by atoms with E-state index >= 15 is 0 Å². The van der Waals surface area contributed by atoms with Gasteiger partial charge in [-0.05, 0) is 120 Å². The lowest BCUT2D eigenvalue weighted by Gasteiger charge is -2.42. The molecule has 3 fully saturated rings. The molecule has 15 atom stereocenters. The number of ether oxygens (including phenoxy) is 4. The van der Waals surface area contributed by atoms with Crippen LogP contribution in [0.2, 0.25) is 0 Å². The maximum atomic E-state index is 14.3. The van der Waals surface area contributed by atoms with Crippen LogP contribution in [-0.4, -0.2) is 130 Å². The van der Waals surface area contributed by atoms with Crippen molar-refractivity contribution in [2.24, 2.45) is 35.3 Å². The van der Waals surface area contributed by atoms with Crippen LogP contribution in [0.1, 0.15) is 125 Å². The van der Waals surface area contributed by atoms with Crippen molar-refractivity contribution in [1.29, 1.82) is 0 Å². The van der Waals surface area contributed by atoms with Crippen LogP contribution in [0.4, 0.5) is 0 Å². The molecule has 2 bridgehead atoms. The third-order valence-electron chi connectivity index (χ3n) is 14.0. The first-order valence-electron chi connectivity index (χ1n) is 23.4. The second kappa shape index (κ2) is 24.4. The molecular weight excluding hydrogens is 809 g/mol. The number of nitrogens with zero attached hydrogens (tertiary/aromatic N) is 1. The number of amides is 1. The van der Waals surface area contributed by atoms with Crippen molar-refractivity contribution in [2.75, 3.05) is 20.8 Å². The van der Waals surface area contributed by atoms with Gasteiger partial charge in [0, 0.05) is 45.1 Å². The van der Waals surface area contributed by atoms with Crippen molar-refractivity contribution < 1.29 is 58.6 Å². The molecule has 3 aliphatic heterocycles. The zero-order chi connectivity index (χ0) is 46.6. The van der Waals surface area contributed by atoms with Crippen molar-refractivity contribution in [3.8, 4) is 0 Å². The van der Waals surface area contributed by atoms with Gasteiger partial charge in [-0.25, -0.2) is 4.79 Å². The summed E-state index contributed by atoms with van der Waals surface area (Å²) >= 11 is 0. The number of carbonyl (C=O) groups is 4. The quantitative estimate of drug-likeness (QED) is 0.139. The average molecular weight is 887 g/mol. The molecule has 356 valence electrons. The number of Topliss-reactive ketones (excluding diaryl/α,β-unsaturated/α-hetero) is 2. The minimum atomic E-state index is -2.41. The summed E-state index contributed by atoms with van der Waals surface area (Å²) in [6, 6.07) is -1.71. The summed E-state index contributed by atoms with van der Waals surface area (Å²) < 4.78 is 23.7. The Morgan fingerprint density at radius 3 is 2.25 bits per heavy atom. The average Bonchev–Trinajstić information content (AvgIpc) is 3.26. The summed E-state index contributed by atoms with van der Waals surface area (Å²) in [6.07, 6.45) is 11.9. The van der Waals surface area contributed by atoms with Crippen LogP contribution in [-0.2, 0) is 38.1 Å². The summed E-state index contributed by atoms with van der Waals surface area (Å²) in [7, 11) is 3.14. The van der Waals surface area contributed by atoms with Gasteiger partial charge in [0.05, 0.1) is 24.4 Å². The SMILES string of the molecule is CO[C@H]1C[C@@H]2CC[C@@H](C)[C@@](O)(O2)C(=O)C(=O)N2CCCC[C@H]2C(=O)O[C@H]([C@H](N)C[C@@H]2CC[C@@H](O)[C@H](OC)C2)CC[C@H](C)/C=C(\C)[C@@H](O)[C@@H](O)C(=O)[C@H](C)C[C@H](C)/C=C/C=CC=C1C. The van der Waals surface area contributed by atoms with E-state index in [9.17, 15) is 39.6 Å². The predicted octanol–water partition coefficient (Wildman–Crippen LogP) is 5.04. The maximum absolute atomic E-state index is 14.3. The van der Waals surface area contributed by atoms with Crippen LogP contribution in [0, 0.1) is 29.6 Å². The summed E-state index contributed by atoms with van der Waals surface area (Å²) in [5.41, 5.74) is 8.20. The van der Waals surface area contributed by atoms with E-state index in [1.807, 2.05) is 51.2 Å². The Kier molecular flexibility index (Phi) is 20.4. The van der Waals surface area contributed by atoms with Crippen LogP contribution in [0.25, 0.3) is 0 Å². The van der Waals surface area contributed by atoms with Gasteiger partial charge in [0.1, 0.15) is 24.4 Å². The number of rotatable bonds is 5. The number of piperidine rings is 1. The van der Waals surface area contributed by atoms with Gasteiger partial charge >= 0.3 is 5.97 Å². The molecule has 1 amide bonds. The van der Waals surface area contributed by atoms with Gasteiger partial charge < -0.3 is 50.0 Å². The molecule has 0 aromatic carbocycles. The molecule has 0 spiro atoms. The van der Waals surface area contributed by atoms with E-state index in [0.717, 1.165) is 12.0 Å². The number of hydrogen-bond donors (Lipinski definition) is 5. The third kappa shape index (κ3) is 14.2. The topological polar surface area (TPSA) is 215 Å². The predicted molar refractivity (Wildman–Crippen MR) is 239 cm³/mol. The molecule has 0 aromatic rings. The number of aliphatic hydroxyl groups is 4. The second-order valence-corrected chi connectivity index (χ2v) is 19.2. The van der Waals surface area contributed by atoms with Crippen LogP contribution >= 0.6 is 0 Å². The Hall–Kier alpha value is -3.08. The molecule has 0 unspecified atom stereocenters. The molecule has 4 rings (SSSR count). The molecular formula is C49H78N2O12. The molecule has 14 nitrogen and oxygen atoms in total. The van der Waals surface area contributed by atoms with Gasteiger partial charge in [-0.15, -0.1) is 0 Å². The maximum Gasteiger partial charge on any atom is 0.329 e. The fourth-order valence-corrected chi connectivity index (χ4v) is 9.84. The molecule has 6 N–H and O–H groups in total. The summed E-state index contributed by atoms with van der Waals surface area (Å²) in [4.78, 5) is 57.1. The Labute approximate surface area is 375 Å². The first-order chi connectivity index (χ1) is 29.8. The minimum absolute atomic E-state index is 0.00177. The smallest absolute Gasteiger partial charge is 0.329 e. The Morgan fingerprint density at radius 1 is 0.825 bits per heavy atom. The van der Waals surface area contributed by atoms with Gasteiger partial charge in [0.25, 0.3) is 11.7 Å². The largest absolute Gasteiger partial charge is 0.459 e. The number of esters is 1. The lowest BCUT2D eigenvalue weighted by Crippen LogP contribution is -2.61. The summed E-state index contributed by atoms with van der Waals surface area (Å²) in [5.74, 6) is -6.94. The minimum Gasteiger partial charge on any atom is -0.459 e. The second-order valence-electron chi connectivity index (χ2n) is 19.2. The number of aliphatic hydroxyl groups excluding tert-OH is 3. The van der Waals surface area contributed by atoms with E-state index in [2.05, 4.69) is 0 Å². The van der Waals surface area contributed by atoms with Crippen LogP contribution in [0.3, 0.4) is 0 Å². The van der Waals surface area contributed by atoms with E-state index in [-0.39, 0.29) is 36.8 Å². The highest BCUT2D eigenvalue weighted by Crippen LogP contribution is 2.37. The normalized spacial score (nSPS) is 40.0.